The van der Waals surface area contributed by atoms with E-state index in [9.17, 15) is 0 Å². The molecule has 0 atom stereocenters. The SMILES string of the molecule is Cc1nc(-c2ccc(NCc3cscn3)cc2)co1. The number of oxazole rings is 1. The lowest BCUT2D eigenvalue weighted by Crippen LogP contribution is -1.99. The van der Waals surface area contributed by atoms with Crippen molar-refractivity contribution < 1.29 is 4.42 Å². The Morgan fingerprint density at radius 2 is 2.11 bits per heavy atom. The molecule has 0 aliphatic rings. The van der Waals surface area contributed by atoms with Gasteiger partial charge in [-0.05, 0) is 12.1 Å². The van der Waals surface area contributed by atoms with Gasteiger partial charge in [0.1, 0.15) is 12.0 Å². The van der Waals surface area contributed by atoms with Crippen LogP contribution in [0, 0.1) is 6.92 Å². The Morgan fingerprint density at radius 3 is 2.74 bits per heavy atom. The lowest BCUT2D eigenvalue weighted by molar-refractivity contribution is 0.521. The number of rotatable bonds is 4. The normalized spacial score (nSPS) is 10.6. The first kappa shape index (κ1) is 11.9. The number of nitrogens with zero attached hydrogens (tertiary/aromatic N) is 2. The van der Waals surface area contributed by atoms with Crippen molar-refractivity contribution in [1.82, 2.24) is 9.97 Å². The smallest absolute Gasteiger partial charge is 0.191 e. The Morgan fingerprint density at radius 1 is 1.26 bits per heavy atom. The van der Waals surface area contributed by atoms with E-state index in [4.69, 9.17) is 4.42 Å². The molecule has 0 aliphatic carbocycles. The van der Waals surface area contributed by atoms with E-state index in [-0.39, 0.29) is 0 Å². The fraction of sp³-hybridized carbons (Fsp3) is 0.143. The maximum Gasteiger partial charge on any atom is 0.191 e. The summed E-state index contributed by atoms with van der Waals surface area (Å²) in [5, 5.41) is 5.37. The molecule has 2 heterocycles. The molecule has 0 bridgehead atoms. The number of hydrogen-bond acceptors (Lipinski definition) is 5. The first-order chi connectivity index (χ1) is 9.31. The molecule has 0 radical (unpaired) electrons. The van der Waals surface area contributed by atoms with Crippen LogP contribution in [0.15, 0.2) is 45.8 Å². The highest BCUT2D eigenvalue weighted by Crippen LogP contribution is 2.21. The highest BCUT2D eigenvalue weighted by molar-refractivity contribution is 7.07. The molecule has 5 heteroatoms. The second-order valence-corrected chi connectivity index (χ2v) is 4.88. The van der Waals surface area contributed by atoms with Crippen molar-refractivity contribution in [3.63, 3.8) is 0 Å². The molecule has 19 heavy (non-hydrogen) atoms. The summed E-state index contributed by atoms with van der Waals surface area (Å²) in [5.41, 5.74) is 5.88. The van der Waals surface area contributed by atoms with Crippen LogP contribution in [0.1, 0.15) is 11.6 Å². The van der Waals surface area contributed by atoms with Crippen molar-refractivity contribution in [1.29, 1.82) is 0 Å². The Bertz CT molecular complexity index is 644. The van der Waals surface area contributed by atoms with E-state index >= 15 is 0 Å². The summed E-state index contributed by atoms with van der Waals surface area (Å²) in [6, 6.07) is 8.12. The van der Waals surface area contributed by atoms with Gasteiger partial charge in [0.25, 0.3) is 0 Å². The molecule has 0 saturated carbocycles. The Hall–Kier alpha value is -2.14. The van der Waals surface area contributed by atoms with Gasteiger partial charge in [-0.1, -0.05) is 12.1 Å². The number of nitrogens with one attached hydrogen (secondary N) is 1. The molecule has 0 aliphatic heterocycles. The Kier molecular flexibility index (Phi) is 3.29. The highest BCUT2D eigenvalue weighted by Gasteiger charge is 2.03. The Balaban J connectivity index is 1.69. The van der Waals surface area contributed by atoms with Crippen LogP contribution in [0.3, 0.4) is 0 Å². The van der Waals surface area contributed by atoms with Crippen molar-refractivity contribution in [2.75, 3.05) is 5.32 Å². The van der Waals surface area contributed by atoms with Crippen LogP contribution in [0.5, 0.6) is 0 Å². The third-order valence-corrected chi connectivity index (χ3v) is 3.39. The number of thiazole rings is 1. The second-order valence-electron chi connectivity index (χ2n) is 4.16. The van der Waals surface area contributed by atoms with Crippen LogP contribution in [0.2, 0.25) is 0 Å². The lowest BCUT2D eigenvalue weighted by Gasteiger charge is -2.04. The van der Waals surface area contributed by atoms with E-state index in [1.165, 1.54) is 0 Å². The van der Waals surface area contributed by atoms with Gasteiger partial charge in [0.2, 0.25) is 0 Å². The molecule has 0 spiro atoms. The zero-order valence-corrected chi connectivity index (χ0v) is 11.3. The first-order valence-corrected chi connectivity index (χ1v) is 6.89. The Labute approximate surface area is 115 Å². The van der Waals surface area contributed by atoms with Gasteiger partial charge in [0, 0.05) is 23.6 Å². The molecule has 0 amide bonds. The van der Waals surface area contributed by atoms with Crippen molar-refractivity contribution >= 4 is 17.0 Å². The van der Waals surface area contributed by atoms with E-state index in [0.717, 1.165) is 29.2 Å². The van der Waals surface area contributed by atoms with Crippen LogP contribution >= 0.6 is 11.3 Å². The average molecular weight is 271 g/mol. The monoisotopic (exact) mass is 271 g/mol. The number of aryl methyl sites for hydroxylation is 1. The van der Waals surface area contributed by atoms with Gasteiger partial charge >= 0.3 is 0 Å². The van der Waals surface area contributed by atoms with Gasteiger partial charge in [-0.2, -0.15) is 0 Å². The van der Waals surface area contributed by atoms with Gasteiger partial charge < -0.3 is 9.73 Å². The summed E-state index contributed by atoms with van der Waals surface area (Å²) in [5.74, 6) is 0.681. The number of hydrogen-bond donors (Lipinski definition) is 1. The van der Waals surface area contributed by atoms with E-state index < -0.39 is 0 Å². The third kappa shape index (κ3) is 2.82. The van der Waals surface area contributed by atoms with Crippen LogP contribution < -0.4 is 5.32 Å². The minimum atomic E-state index is 0.681. The standard InChI is InChI=1S/C14H13N3OS/c1-10-17-14(7-18-10)11-2-4-12(5-3-11)15-6-13-8-19-9-16-13/h2-5,7-9,15H,6H2,1H3. The van der Waals surface area contributed by atoms with E-state index in [1.54, 1.807) is 17.6 Å². The molecule has 0 saturated heterocycles. The van der Waals surface area contributed by atoms with E-state index in [1.807, 2.05) is 42.1 Å². The molecule has 96 valence electrons. The van der Waals surface area contributed by atoms with Crippen LogP contribution in [0.25, 0.3) is 11.3 Å². The fourth-order valence-corrected chi connectivity index (χ4v) is 2.33. The average Bonchev–Trinajstić information content (AvgIpc) is 3.08. The van der Waals surface area contributed by atoms with Gasteiger partial charge in [-0.25, -0.2) is 9.97 Å². The quantitative estimate of drug-likeness (QED) is 0.785. The molecule has 2 aromatic heterocycles. The van der Waals surface area contributed by atoms with E-state index in [0.29, 0.717) is 5.89 Å². The molecule has 1 aromatic carbocycles. The molecule has 4 nitrogen and oxygen atoms in total. The van der Waals surface area contributed by atoms with Crippen LogP contribution in [0.4, 0.5) is 5.69 Å². The lowest BCUT2D eigenvalue weighted by atomic mass is 10.1. The zero-order valence-electron chi connectivity index (χ0n) is 10.5. The molecular weight excluding hydrogens is 258 g/mol. The van der Waals surface area contributed by atoms with Crippen LogP contribution in [-0.4, -0.2) is 9.97 Å². The van der Waals surface area contributed by atoms with Crippen molar-refractivity contribution in [3.05, 3.63) is 53.0 Å². The molecular formula is C14H13N3OS. The molecule has 0 fully saturated rings. The minimum Gasteiger partial charge on any atom is -0.449 e. The number of aromatic nitrogens is 2. The first-order valence-electron chi connectivity index (χ1n) is 5.95. The second kappa shape index (κ2) is 5.24. The molecule has 1 N–H and O–H groups in total. The van der Waals surface area contributed by atoms with Gasteiger partial charge in [-0.15, -0.1) is 11.3 Å². The van der Waals surface area contributed by atoms with Gasteiger partial charge in [-0.3, -0.25) is 0 Å². The van der Waals surface area contributed by atoms with Gasteiger partial charge in [0.05, 0.1) is 17.7 Å². The van der Waals surface area contributed by atoms with Gasteiger partial charge in [0.15, 0.2) is 5.89 Å². The predicted molar refractivity (Wildman–Crippen MR) is 76.1 cm³/mol. The molecule has 3 aromatic rings. The molecule has 3 rings (SSSR count). The largest absolute Gasteiger partial charge is 0.449 e. The maximum atomic E-state index is 5.21. The van der Waals surface area contributed by atoms with Crippen LogP contribution in [-0.2, 0) is 6.54 Å². The summed E-state index contributed by atoms with van der Waals surface area (Å²) >= 11 is 1.61. The topological polar surface area (TPSA) is 51.0 Å². The number of benzene rings is 1. The van der Waals surface area contributed by atoms with Crippen molar-refractivity contribution in [3.8, 4) is 11.3 Å². The predicted octanol–water partition coefficient (Wildman–Crippen LogP) is 3.72. The zero-order chi connectivity index (χ0) is 13.1. The maximum absolute atomic E-state index is 5.21. The van der Waals surface area contributed by atoms with E-state index in [2.05, 4.69) is 15.3 Å². The molecule has 0 unspecified atom stereocenters. The minimum absolute atomic E-state index is 0.681. The summed E-state index contributed by atoms with van der Waals surface area (Å²) in [6.07, 6.45) is 1.67. The third-order valence-electron chi connectivity index (χ3n) is 2.76. The summed E-state index contributed by atoms with van der Waals surface area (Å²) in [6.45, 7) is 2.58. The van der Waals surface area contributed by atoms with Crippen molar-refractivity contribution in [2.24, 2.45) is 0 Å². The van der Waals surface area contributed by atoms with Crippen molar-refractivity contribution in [2.45, 2.75) is 13.5 Å². The summed E-state index contributed by atoms with van der Waals surface area (Å²) < 4.78 is 5.21. The summed E-state index contributed by atoms with van der Waals surface area (Å²) in [4.78, 5) is 8.53. The number of anilines is 1. The summed E-state index contributed by atoms with van der Waals surface area (Å²) in [7, 11) is 0. The highest BCUT2D eigenvalue weighted by atomic mass is 32.1. The fourth-order valence-electron chi connectivity index (χ4n) is 1.77.